The molecule has 0 aliphatic heterocycles. The zero-order chi connectivity index (χ0) is 22.0. The van der Waals surface area contributed by atoms with E-state index in [2.05, 4.69) is 0 Å². The molecule has 2 aromatic rings. The minimum Gasteiger partial charge on any atom is -0.204 e. The smallest absolute Gasteiger partial charge is 0.204 e. The van der Waals surface area contributed by atoms with Gasteiger partial charge in [0.25, 0.3) is 0 Å². The lowest BCUT2D eigenvalue weighted by Crippen LogP contribution is -2.50. The van der Waals surface area contributed by atoms with Crippen LogP contribution in [0.4, 0.5) is 43.9 Å². The predicted molar refractivity (Wildman–Crippen MR) is 86.4 cm³/mol. The third-order valence-electron chi connectivity index (χ3n) is 4.53. The molecule has 11 heteroatoms. The molecule has 0 amide bonds. The largest absolute Gasteiger partial charge is 0.225 e. The fourth-order valence-corrected chi connectivity index (χ4v) is 3.06. The fraction of sp³-hybridized carbons (Fsp3) is 0.333. The Balaban J connectivity index is 2.78. The van der Waals surface area contributed by atoms with Crippen molar-refractivity contribution in [3.8, 4) is 0 Å². The van der Waals surface area contributed by atoms with Crippen molar-refractivity contribution in [2.24, 2.45) is 0 Å². The second-order valence-corrected chi connectivity index (χ2v) is 6.37. The van der Waals surface area contributed by atoms with Crippen molar-refractivity contribution in [2.75, 3.05) is 0 Å². The van der Waals surface area contributed by atoms with Crippen molar-refractivity contribution < 1.29 is 43.9 Å². The van der Waals surface area contributed by atoms with E-state index in [-0.39, 0.29) is 6.42 Å². The highest BCUT2D eigenvalue weighted by atomic mass is 19.2. The predicted octanol–water partition coefficient (Wildman–Crippen LogP) is 5.27. The van der Waals surface area contributed by atoms with Gasteiger partial charge in [0.15, 0.2) is 58.2 Å². The van der Waals surface area contributed by atoms with Crippen molar-refractivity contribution in [1.29, 1.82) is 0 Å². The van der Waals surface area contributed by atoms with Crippen LogP contribution < -0.4 is 10.9 Å². The van der Waals surface area contributed by atoms with Gasteiger partial charge in [-0.25, -0.2) is 43.9 Å². The van der Waals surface area contributed by atoms with E-state index in [1.54, 1.807) is 6.92 Å². The molecular formula is C18H13BF10. The van der Waals surface area contributed by atoms with E-state index in [1.165, 1.54) is 0 Å². The molecule has 0 bridgehead atoms. The van der Waals surface area contributed by atoms with Crippen molar-refractivity contribution in [3.63, 3.8) is 0 Å². The van der Waals surface area contributed by atoms with Crippen LogP contribution in [0.5, 0.6) is 0 Å². The maximum atomic E-state index is 14.2. The Bertz CT molecular complexity index is 800. The molecule has 0 aliphatic rings. The molecule has 0 saturated carbocycles. The minimum atomic E-state index is -2.51. The van der Waals surface area contributed by atoms with E-state index in [9.17, 15) is 43.9 Å². The number of hydrogen-bond donors (Lipinski definition) is 0. The molecule has 0 spiro atoms. The van der Waals surface area contributed by atoms with Gasteiger partial charge in [-0.15, -0.1) is 0 Å². The topological polar surface area (TPSA) is 0 Å². The molecule has 0 N–H and O–H groups in total. The molecule has 0 aromatic heterocycles. The number of benzene rings is 2. The number of hydrogen-bond acceptors (Lipinski definition) is 0. The molecule has 2 aromatic carbocycles. The Labute approximate surface area is 159 Å². The molecule has 29 heavy (non-hydrogen) atoms. The summed E-state index contributed by atoms with van der Waals surface area (Å²) in [5.41, 5.74) is -3.30. The molecular weight excluding hydrogens is 417 g/mol. The Morgan fingerprint density at radius 3 is 1.07 bits per heavy atom. The molecule has 0 fully saturated rings. The van der Waals surface area contributed by atoms with Crippen LogP contribution in [0.15, 0.2) is 0 Å². The van der Waals surface area contributed by atoms with Gasteiger partial charge < -0.3 is 0 Å². The summed E-state index contributed by atoms with van der Waals surface area (Å²) >= 11 is 0. The molecule has 0 saturated heterocycles. The van der Waals surface area contributed by atoms with Gasteiger partial charge in [0.2, 0.25) is 6.71 Å². The Morgan fingerprint density at radius 2 is 0.759 bits per heavy atom. The summed E-state index contributed by atoms with van der Waals surface area (Å²) in [6, 6.07) is 0. The van der Waals surface area contributed by atoms with Gasteiger partial charge in [0.1, 0.15) is 0 Å². The lowest BCUT2D eigenvalue weighted by atomic mass is 9.37. The molecule has 0 unspecified atom stereocenters. The maximum absolute atomic E-state index is 14.2. The van der Waals surface area contributed by atoms with E-state index in [4.69, 9.17) is 0 Å². The van der Waals surface area contributed by atoms with Gasteiger partial charge in [0, 0.05) is 10.9 Å². The fourth-order valence-electron chi connectivity index (χ4n) is 3.06. The van der Waals surface area contributed by atoms with Crippen LogP contribution in [0.3, 0.4) is 0 Å². The summed E-state index contributed by atoms with van der Waals surface area (Å²) < 4.78 is 138. The van der Waals surface area contributed by atoms with Crippen LogP contribution in [0.2, 0.25) is 6.32 Å². The van der Waals surface area contributed by atoms with E-state index >= 15 is 0 Å². The van der Waals surface area contributed by atoms with Crippen molar-refractivity contribution in [3.05, 3.63) is 58.2 Å². The first kappa shape index (κ1) is 23.1. The quantitative estimate of drug-likeness (QED) is 0.185. The lowest BCUT2D eigenvalue weighted by Gasteiger charge is -2.19. The van der Waals surface area contributed by atoms with Gasteiger partial charge in [-0.1, -0.05) is 38.9 Å². The van der Waals surface area contributed by atoms with E-state index in [1.807, 2.05) is 0 Å². The zero-order valence-electron chi connectivity index (χ0n) is 14.9. The number of halogens is 10. The third kappa shape index (κ3) is 4.09. The summed E-state index contributed by atoms with van der Waals surface area (Å²) in [4.78, 5) is 0. The van der Waals surface area contributed by atoms with Gasteiger partial charge in [0.05, 0.1) is 0 Å². The molecule has 0 heterocycles. The summed E-state index contributed by atoms with van der Waals surface area (Å²) in [7, 11) is 0. The van der Waals surface area contributed by atoms with Crippen LogP contribution in [-0.2, 0) is 0 Å². The summed E-state index contributed by atoms with van der Waals surface area (Å²) in [5, 5.41) is 0. The van der Waals surface area contributed by atoms with Gasteiger partial charge in [-0.3, -0.25) is 0 Å². The highest BCUT2D eigenvalue weighted by Gasteiger charge is 2.39. The molecule has 2 rings (SSSR count). The third-order valence-corrected chi connectivity index (χ3v) is 4.53. The first-order chi connectivity index (χ1) is 13.6. The summed E-state index contributed by atoms with van der Waals surface area (Å²) in [5.74, 6) is -24.2. The molecule has 0 aliphatic carbocycles. The van der Waals surface area contributed by atoms with Gasteiger partial charge >= 0.3 is 0 Å². The zero-order valence-corrected chi connectivity index (χ0v) is 14.9. The summed E-state index contributed by atoms with van der Waals surface area (Å²) in [6.07, 6.45) is 0.905. The first-order valence-electron chi connectivity index (χ1n) is 8.58. The van der Waals surface area contributed by atoms with Crippen molar-refractivity contribution >= 4 is 17.6 Å². The highest BCUT2D eigenvalue weighted by Crippen LogP contribution is 2.22. The maximum Gasteiger partial charge on any atom is 0.225 e. The van der Waals surface area contributed by atoms with Crippen molar-refractivity contribution in [1.82, 2.24) is 0 Å². The average Bonchev–Trinajstić information content (AvgIpc) is 2.70. The van der Waals surface area contributed by atoms with Crippen LogP contribution >= 0.6 is 0 Å². The number of rotatable bonds is 7. The van der Waals surface area contributed by atoms with Crippen molar-refractivity contribution in [2.45, 2.75) is 38.9 Å². The van der Waals surface area contributed by atoms with Crippen LogP contribution in [-0.4, -0.2) is 6.71 Å². The standard InChI is InChI=1S/C18H13BF10/c1-2-3-4-5-6-19(7-9(20)13(24)17(28)14(25)10(7)21)8-11(22)15(26)18(29)16(27)12(8)23/h2-6H2,1H3. The molecule has 0 atom stereocenters. The molecule has 0 radical (unpaired) electrons. The monoisotopic (exact) mass is 430 g/mol. The van der Waals surface area contributed by atoms with E-state index in [0.29, 0.717) is 19.3 Å². The van der Waals surface area contributed by atoms with E-state index < -0.39 is 82.1 Å². The minimum absolute atomic E-state index is 0.0303. The van der Waals surface area contributed by atoms with Crippen LogP contribution in [0.25, 0.3) is 0 Å². The van der Waals surface area contributed by atoms with Gasteiger partial charge in [-0.2, -0.15) is 0 Å². The van der Waals surface area contributed by atoms with Crippen LogP contribution in [0, 0.1) is 58.2 Å². The lowest BCUT2D eigenvalue weighted by molar-refractivity contribution is 0.382. The number of unbranched alkanes of at least 4 members (excludes halogenated alkanes) is 3. The molecule has 158 valence electrons. The highest BCUT2D eigenvalue weighted by molar-refractivity contribution is 6.85. The second kappa shape index (κ2) is 9.08. The Morgan fingerprint density at radius 1 is 0.448 bits per heavy atom. The summed E-state index contributed by atoms with van der Waals surface area (Å²) in [6.45, 7) is -0.507. The second-order valence-electron chi connectivity index (χ2n) is 6.37. The van der Waals surface area contributed by atoms with Gasteiger partial charge in [-0.05, 0) is 0 Å². The Kier molecular flexibility index (Phi) is 7.23. The average molecular weight is 430 g/mol. The molecule has 0 nitrogen and oxygen atoms in total. The first-order valence-corrected chi connectivity index (χ1v) is 8.58. The van der Waals surface area contributed by atoms with Crippen LogP contribution in [0.1, 0.15) is 32.6 Å². The van der Waals surface area contributed by atoms with E-state index in [0.717, 1.165) is 0 Å². The SMILES string of the molecule is CCCCCCB(c1c(F)c(F)c(F)c(F)c1F)c1c(F)c(F)c(F)c(F)c1F. The Hall–Kier alpha value is -2.20. The normalized spacial score (nSPS) is 11.3.